The van der Waals surface area contributed by atoms with E-state index in [-0.39, 0.29) is 11.7 Å². The molecule has 90 valence electrons. The molecule has 0 aliphatic heterocycles. The molecule has 0 atom stereocenters. The van der Waals surface area contributed by atoms with Gasteiger partial charge in [0, 0.05) is 24.8 Å². The van der Waals surface area contributed by atoms with Gasteiger partial charge in [-0.1, -0.05) is 0 Å². The van der Waals surface area contributed by atoms with Gasteiger partial charge in [-0.05, 0) is 19.9 Å². The third-order valence-corrected chi connectivity index (χ3v) is 2.53. The molecule has 0 aliphatic carbocycles. The van der Waals surface area contributed by atoms with E-state index < -0.39 is 5.97 Å². The molecular weight excluding hydrogens is 220 g/mol. The van der Waals surface area contributed by atoms with E-state index in [0.717, 1.165) is 5.56 Å². The average molecular weight is 234 g/mol. The summed E-state index contributed by atoms with van der Waals surface area (Å²) in [7, 11) is 1.61. The second-order valence-electron chi connectivity index (χ2n) is 4.15. The number of nitrogens with zero attached hydrogens (tertiary/aromatic N) is 4. The van der Waals surface area contributed by atoms with Crippen LogP contribution < -0.4 is 0 Å². The molecule has 0 radical (unpaired) electrons. The molecule has 6 nitrogen and oxygen atoms in total. The Labute approximate surface area is 98.5 Å². The minimum absolute atomic E-state index is 0.164. The van der Waals surface area contributed by atoms with Crippen molar-refractivity contribution in [3.8, 4) is 11.3 Å². The molecule has 2 heterocycles. The van der Waals surface area contributed by atoms with Crippen molar-refractivity contribution in [3.63, 3.8) is 0 Å². The molecule has 1 N–H and O–H groups in total. The Bertz CT molecular complexity index is 554. The van der Waals surface area contributed by atoms with Crippen LogP contribution in [0.4, 0.5) is 0 Å². The number of carbonyl (C=O) groups is 1. The molecule has 0 bridgehead atoms. The molecule has 0 unspecified atom stereocenters. The Balaban J connectivity index is 2.39. The lowest BCUT2D eigenvalue weighted by Gasteiger charge is -2.02. The SMILES string of the molecule is CC(C)n1cc(-c2cc(C(=O)O)n(C)n2)cn1. The summed E-state index contributed by atoms with van der Waals surface area (Å²) in [5.41, 5.74) is 1.61. The minimum Gasteiger partial charge on any atom is -0.477 e. The van der Waals surface area contributed by atoms with E-state index in [2.05, 4.69) is 10.2 Å². The van der Waals surface area contributed by atoms with Crippen LogP contribution in [-0.4, -0.2) is 30.6 Å². The van der Waals surface area contributed by atoms with E-state index in [9.17, 15) is 4.79 Å². The van der Waals surface area contributed by atoms with Gasteiger partial charge in [0.1, 0.15) is 5.69 Å². The van der Waals surface area contributed by atoms with E-state index in [1.165, 1.54) is 4.68 Å². The van der Waals surface area contributed by atoms with Crippen molar-refractivity contribution in [2.24, 2.45) is 7.05 Å². The molecule has 0 amide bonds. The topological polar surface area (TPSA) is 72.9 Å². The maximum absolute atomic E-state index is 10.9. The van der Waals surface area contributed by atoms with Gasteiger partial charge in [-0.2, -0.15) is 10.2 Å². The monoisotopic (exact) mass is 234 g/mol. The number of hydrogen-bond acceptors (Lipinski definition) is 3. The number of aryl methyl sites for hydroxylation is 1. The Morgan fingerprint density at radius 2 is 2.18 bits per heavy atom. The predicted molar refractivity (Wildman–Crippen MR) is 61.8 cm³/mol. The van der Waals surface area contributed by atoms with Crippen molar-refractivity contribution in [1.82, 2.24) is 19.6 Å². The molecule has 2 rings (SSSR count). The third kappa shape index (κ3) is 2.06. The zero-order valence-electron chi connectivity index (χ0n) is 9.95. The summed E-state index contributed by atoms with van der Waals surface area (Å²) in [5, 5.41) is 17.3. The van der Waals surface area contributed by atoms with Gasteiger partial charge in [-0.25, -0.2) is 4.79 Å². The molecule has 0 spiro atoms. The van der Waals surface area contributed by atoms with Crippen molar-refractivity contribution in [2.75, 3.05) is 0 Å². The molecular formula is C11H14N4O2. The average Bonchev–Trinajstić information content (AvgIpc) is 2.82. The zero-order chi connectivity index (χ0) is 12.6. The van der Waals surface area contributed by atoms with E-state index in [0.29, 0.717) is 5.69 Å². The van der Waals surface area contributed by atoms with Gasteiger partial charge in [-0.15, -0.1) is 0 Å². The summed E-state index contributed by atoms with van der Waals surface area (Å²) in [6.45, 7) is 4.05. The first-order chi connectivity index (χ1) is 7.99. The number of rotatable bonds is 3. The summed E-state index contributed by atoms with van der Waals surface area (Å²) in [6, 6.07) is 1.82. The summed E-state index contributed by atoms with van der Waals surface area (Å²) < 4.78 is 3.16. The normalized spacial score (nSPS) is 11.1. The largest absolute Gasteiger partial charge is 0.477 e. The van der Waals surface area contributed by atoms with Gasteiger partial charge in [-0.3, -0.25) is 9.36 Å². The lowest BCUT2D eigenvalue weighted by molar-refractivity contribution is 0.0685. The lowest BCUT2D eigenvalue weighted by atomic mass is 10.2. The highest BCUT2D eigenvalue weighted by Gasteiger charge is 2.14. The molecule has 0 aliphatic rings. The quantitative estimate of drug-likeness (QED) is 0.874. The fourth-order valence-corrected chi connectivity index (χ4v) is 1.56. The fourth-order valence-electron chi connectivity index (χ4n) is 1.56. The first kappa shape index (κ1) is 11.4. The number of carboxylic acid groups (broad SMARTS) is 1. The highest BCUT2D eigenvalue weighted by molar-refractivity contribution is 5.87. The standard InChI is InChI=1S/C11H14N4O2/c1-7(2)15-6-8(5-12-15)9-4-10(11(16)17)14(3)13-9/h4-7H,1-3H3,(H,16,17). The second-order valence-corrected chi connectivity index (χ2v) is 4.15. The maximum Gasteiger partial charge on any atom is 0.354 e. The van der Waals surface area contributed by atoms with Crippen LogP contribution in [0.2, 0.25) is 0 Å². The van der Waals surface area contributed by atoms with Gasteiger partial charge in [0.2, 0.25) is 0 Å². The Hall–Kier alpha value is -2.11. The van der Waals surface area contributed by atoms with Crippen molar-refractivity contribution >= 4 is 5.97 Å². The van der Waals surface area contributed by atoms with Crippen LogP contribution in [0.25, 0.3) is 11.3 Å². The lowest BCUT2D eigenvalue weighted by Crippen LogP contribution is -2.04. The van der Waals surface area contributed by atoms with Crippen LogP contribution in [0.3, 0.4) is 0 Å². The van der Waals surface area contributed by atoms with Gasteiger partial charge >= 0.3 is 5.97 Å². The first-order valence-electron chi connectivity index (χ1n) is 5.31. The fraction of sp³-hybridized carbons (Fsp3) is 0.364. The number of aromatic carboxylic acids is 1. The van der Waals surface area contributed by atoms with Gasteiger partial charge < -0.3 is 5.11 Å². The van der Waals surface area contributed by atoms with Gasteiger partial charge in [0.15, 0.2) is 0 Å². The van der Waals surface area contributed by atoms with Crippen molar-refractivity contribution in [2.45, 2.75) is 19.9 Å². The molecule has 0 saturated heterocycles. The highest BCUT2D eigenvalue weighted by Crippen LogP contribution is 2.19. The van der Waals surface area contributed by atoms with Crippen molar-refractivity contribution in [1.29, 1.82) is 0 Å². The highest BCUT2D eigenvalue weighted by atomic mass is 16.4. The van der Waals surface area contributed by atoms with Crippen LogP contribution >= 0.6 is 0 Å². The van der Waals surface area contributed by atoms with E-state index in [4.69, 9.17) is 5.11 Å². The first-order valence-corrected chi connectivity index (χ1v) is 5.31. The van der Waals surface area contributed by atoms with Crippen LogP contribution in [0, 0.1) is 0 Å². The Kier molecular flexibility index (Phi) is 2.71. The van der Waals surface area contributed by atoms with Crippen LogP contribution in [0.1, 0.15) is 30.4 Å². The molecule has 2 aromatic heterocycles. The van der Waals surface area contributed by atoms with Crippen molar-refractivity contribution in [3.05, 3.63) is 24.2 Å². The van der Waals surface area contributed by atoms with E-state index in [1.54, 1.807) is 19.3 Å². The zero-order valence-corrected chi connectivity index (χ0v) is 9.95. The molecule has 2 aromatic rings. The summed E-state index contributed by atoms with van der Waals surface area (Å²) in [6.07, 6.45) is 3.55. The summed E-state index contributed by atoms with van der Waals surface area (Å²) in [4.78, 5) is 10.9. The predicted octanol–water partition coefficient (Wildman–Crippen LogP) is 1.56. The number of carboxylic acids is 1. The smallest absolute Gasteiger partial charge is 0.354 e. The molecule has 0 saturated carbocycles. The molecule has 6 heteroatoms. The number of aromatic nitrogens is 4. The summed E-state index contributed by atoms with van der Waals surface area (Å²) in [5.74, 6) is -0.984. The third-order valence-electron chi connectivity index (χ3n) is 2.53. The molecule has 0 aromatic carbocycles. The minimum atomic E-state index is -0.984. The molecule has 0 fully saturated rings. The van der Waals surface area contributed by atoms with Gasteiger partial charge in [0.25, 0.3) is 0 Å². The van der Waals surface area contributed by atoms with Crippen molar-refractivity contribution < 1.29 is 9.90 Å². The van der Waals surface area contributed by atoms with Crippen LogP contribution in [-0.2, 0) is 7.05 Å². The van der Waals surface area contributed by atoms with Gasteiger partial charge in [0.05, 0.1) is 11.9 Å². The maximum atomic E-state index is 10.9. The van der Waals surface area contributed by atoms with E-state index in [1.807, 2.05) is 24.7 Å². The van der Waals surface area contributed by atoms with Crippen LogP contribution in [0.5, 0.6) is 0 Å². The van der Waals surface area contributed by atoms with E-state index >= 15 is 0 Å². The molecule has 17 heavy (non-hydrogen) atoms. The van der Waals surface area contributed by atoms with Crippen LogP contribution in [0.15, 0.2) is 18.5 Å². The second kappa shape index (κ2) is 4.04. The number of hydrogen-bond donors (Lipinski definition) is 1. The Morgan fingerprint density at radius 3 is 2.65 bits per heavy atom. The Morgan fingerprint density at radius 1 is 1.47 bits per heavy atom. The summed E-state index contributed by atoms with van der Waals surface area (Å²) >= 11 is 0.